The fourth-order valence-electron chi connectivity index (χ4n) is 0.685. The Morgan fingerprint density at radius 2 is 2.45 bits per heavy atom. The summed E-state index contributed by atoms with van der Waals surface area (Å²) in [4.78, 5) is 10.9. The molecule has 0 unspecified atom stereocenters. The molecule has 0 N–H and O–H groups in total. The second-order valence-electron chi connectivity index (χ2n) is 2.00. The first kappa shape index (κ1) is 8.13. The number of aryl methyl sites for hydroxylation is 1. The predicted molar refractivity (Wildman–Crippen MR) is 41.8 cm³/mol. The van der Waals surface area contributed by atoms with Crippen LogP contribution in [0.4, 0.5) is 0 Å². The largest absolute Gasteiger partial charge is 0.465 e. The van der Waals surface area contributed by atoms with E-state index in [-0.39, 0.29) is 0 Å². The lowest BCUT2D eigenvalue weighted by molar-refractivity contribution is 0.0596. The molecule has 0 atom stereocenters. The molecule has 4 nitrogen and oxygen atoms in total. The molecule has 1 aromatic rings. The van der Waals surface area contributed by atoms with Gasteiger partial charge >= 0.3 is 5.97 Å². The molecule has 0 aliphatic carbocycles. The van der Waals surface area contributed by atoms with Crippen molar-refractivity contribution in [2.45, 2.75) is 5.03 Å². The number of hydrogen-bond donors (Lipinski definition) is 1. The number of carbonyl (C=O) groups excluding carboxylic acids is 1. The maximum absolute atomic E-state index is 10.9. The van der Waals surface area contributed by atoms with Crippen LogP contribution in [0, 0.1) is 0 Å². The summed E-state index contributed by atoms with van der Waals surface area (Å²) in [6.07, 6.45) is 1.42. The second kappa shape index (κ2) is 2.96. The van der Waals surface area contributed by atoms with Gasteiger partial charge in [0, 0.05) is 7.05 Å². The van der Waals surface area contributed by atoms with E-state index in [1.807, 2.05) is 0 Å². The molecule has 11 heavy (non-hydrogen) atoms. The molecule has 1 heterocycles. The highest BCUT2D eigenvalue weighted by Crippen LogP contribution is 2.12. The maximum Gasteiger partial charge on any atom is 0.342 e. The van der Waals surface area contributed by atoms with Crippen molar-refractivity contribution in [2.24, 2.45) is 7.05 Å². The Bertz CT molecular complexity index is 282. The third kappa shape index (κ3) is 1.37. The monoisotopic (exact) mass is 172 g/mol. The summed E-state index contributed by atoms with van der Waals surface area (Å²) in [6, 6.07) is 0. The van der Waals surface area contributed by atoms with Gasteiger partial charge in [-0.2, -0.15) is 5.10 Å². The molecule has 5 heteroatoms. The predicted octanol–water partition coefficient (Wildman–Crippen LogP) is 0.495. The van der Waals surface area contributed by atoms with Gasteiger partial charge in [-0.05, 0) is 0 Å². The van der Waals surface area contributed by atoms with Gasteiger partial charge in [0.2, 0.25) is 0 Å². The number of hydrogen-bond acceptors (Lipinski definition) is 4. The molecular weight excluding hydrogens is 164 g/mol. The van der Waals surface area contributed by atoms with Crippen molar-refractivity contribution >= 4 is 18.6 Å². The number of ether oxygens (including phenoxy) is 1. The van der Waals surface area contributed by atoms with E-state index < -0.39 is 5.97 Å². The molecule has 0 saturated carbocycles. The lowest BCUT2D eigenvalue weighted by Crippen LogP contribution is -2.01. The van der Waals surface area contributed by atoms with E-state index in [0.717, 1.165) is 0 Å². The number of carbonyl (C=O) groups is 1. The molecule has 1 rings (SSSR count). The second-order valence-corrected chi connectivity index (χ2v) is 2.42. The first-order chi connectivity index (χ1) is 5.16. The maximum atomic E-state index is 10.9. The average molecular weight is 172 g/mol. The van der Waals surface area contributed by atoms with Crippen molar-refractivity contribution in [1.82, 2.24) is 9.78 Å². The van der Waals surface area contributed by atoms with Gasteiger partial charge in [0.05, 0.1) is 13.3 Å². The quantitative estimate of drug-likeness (QED) is 0.495. The van der Waals surface area contributed by atoms with Crippen LogP contribution < -0.4 is 0 Å². The van der Waals surface area contributed by atoms with E-state index in [1.54, 1.807) is 7.05 Å². The Morgan fingerprint density at radius 3 is 2.82 bits per heavy atom. The highest BCUT2D eigenvalue weighted by molar-refractivity contribution is 7.80. The molecule has 0 radical (unpaired) electrons. The van der Waals surface area contributed by atoms with Gasteiger partial charge in [-0.25, -0.2) is 4.79 Å². The Balaban J connectivity index is 3.04. The number of rotatable bonds is 1. The zero-order valence-corrected chi connectivity index (χ0v) is 7.13. The van der Waals surface area contributed by atoms with Crippen molar-refractivity contribution in [3.05, 3.63) is 11.8 Å². The van der Waals surface area contributed by atoms with E-state index in [0.29, 0.717) is 10.6 Å². The number of thiol groups is 1. The van der Waals surface area contributed by atoms with Crippen LogP contribution in [0.1, 0.15) is 10.4 Å². The highest BCUT2D eigenvalue weighted by Gasteiger charge is 2.12. The number of esters is 1. The van der Waals surface area contributed by atoms with E-state index in [2.05, 4.69) is 22.5 Å². The van der Waals surface area contributed by atoms with Gasteiger partial charge in [-0.1, -0.05) is 0 Å². The lowest BCUT2D eigenvalue weighted by atomic mass is 10.4. The molecule has 0 bridgehead atoms. The van der Waals surface area contributed by atoms with Crippen molar-refractivity contribution < 1.29 is 9.53 Å². The molecule has 0 aliphatic heterocycles. The van der Waals surface area contributed by atoms with Gasteiger partial charge in [0.25, 0.3) is 0 Å². The Labute approximate surface area is 69.6 Å². The van der Waals surface area contributed by atoms with E-state index >= 15 is 0 Å². The SMILES string of the molecule is COC(=O)c1cnn(C)c1S. The number of aromatic nitrogens is 2. The topological polar surface area (TPSA) is 44.1 Å². The first-order valence-electron chi connectivity index (χ1n) is 2.96. The molecular formula is C6H8N2O2S. The Hall–Kier alpha value is -0.970. The summed E-state index contributed by atoms with van der Waals surface area (Å²) in [5, 5.41) is 4.34. The summed E-state index contributed by atoms with van der Waals surface area (Å²) in [6.45, 7) is 0. The minimum atomic E-state index is -0.414. The fourth-order valence-corrected chi connectivity index (χ4v) is 0.886. The van der Waals surface area contributed by atoms with Crippen molar-refractivity contribution in [3.8, 4) is 0 Å². The van der Waals surface area contributed by atoms with E-state index in [9.17, 15) is 4.79 Å². The molecule has 0 spiro atoms. The summed E-state index contributed by atoms with van der Waals surface area (Å²) < 4.78 is 5.98. The van der Waals surface area contributed by atoms with Crippen LogP contribution in [0.15, 0.2) is 11.2 Å². The summed E-state index contributed by atoms with van der Waals surface area (Å²) in [5.74, 6) is -0.414. The highest BCUT2D eigenvalue weighted by atomic mass is 32.1. The Morgan fingerprint density at radius 1 is 1.82 bits per heavy atom. The van der Waals surface area contributed by atoms with Gasteiger partial charge in [-0.3, -0.25) is 4.68 Å². The van der Waals surface area contributed by atoms with Gasteiger partial charge in [0.1, 0.15) is 10.6 Å². The van der Waals surface area contributed by atoms with Crippen LogP contribution in [0.2, 0.25) is 0 Å². The normalized spacial score (nSPS) is 9.73. The fraction of sp³-hybridized carbons (Fsp3) is 0.333. The number of methoxy groups -OCH3 is 1. The van der Waals surface area contributed by atoms with Crippen LogP contribution in [-0.2, 0) is 11.8 Å². The van der Waals surface area contributed by atoms with Gasteiger partial charge in [0.15, 0.2) is 0 Å². The van der Waals surface area contributed by atoms with Crippen molar-refractivity contribution in [3.63, 3.8) is 0 Å². The molecule has 1 aromatic heterocycles. The third-order valence-electron chi connectivity index (χ3n) is 1.31. The summed E-state index contributed by atoms with van der Waals surface area (Å²) in [5.41, 5.74) is 0.387. The van der Waals surface area contributed by atoms with Crippen LogP contribution in [0.25, 0.3) is 0 Å². The minimum Gasteiger partial charge on any atom is -0.465 e. The molecule has 60 valence electrons. The van der Waals surface area contributed by atoms with E-state index in [1.165, 1.54) is 18.0 Å². The first-order valence-corrected chi connectivity index (χ1v) is 3.41. The van der Waals surface area contributed by atoms with E-state index in [4.69, 9.17) is 0 Å². The minimum absolute atomic E-state index is 0.387. The van der Waals surface area contributed by atoms with Crippen molar-refractivity contribution in [2.75, 3.05) is 7.11 Å². The van der Waals surface area contributed by atoms with Crippen LogP contribution in [-0.4, -0.2) is 22.9 Å². The van der Waals surface area contributed by atoms with Gasteiger partial charge < -0.3 is 4.74 Å². The van der Waals surface area contributed by atoms with Crippen LogP contribution in [0.3, 0.4) is 0 Å². The lowest BCUT2D eigenvalue weighted by Gasteiger charge is -1.95. The van der Waals surface area contributed by atoms with Crippen LogP contribution in [0.5, 0.6) is 0 Å². The standard InChI is InChI=1S/C6H8N2O2S/c1-8-5(11)4(3-7-8)6(9)10-2/h3,11H,1-2H3. The third-order valence-corrected chi connectivity index (χ3v) is 1.84. The molecule has 0 fully saturated rings. The Kier molecular flexibility index (Phi) is 2.19. The number of nitrogens with zero attached hydrogens (tertiary/aromatic N) is 2. The average Bonchev–Trinajstić information content (AvgIpc) is 2.32. The molecule has 0 saturated heterocycles. The molecule has 0 aromatic carbocycles. The summed E-state index contributed by atoms with van der Waals surface area (Å²) >= 11 is 4.06. The van der Waals surface area contributed by atoms with Gasteiger partial charge in [-0.15, -0.1) is 12.6 Å². The summed E-state index contributed by atoms with van der Waals surface area (Å²) in [7, 11) is 3.03. The molecule has 0 aliphatic rings. The molecule has 0 amide bonds. The zero-order chi connectivity index (χ0) is 8.43. The van der Waals surface area contributed by atoms with Crippen LogP contribution >= 0.6 is 12.6 Å². The zero-order valence-electron chi connectivity index (χ0n) is 6.24. The smallest absolute Gasteiger partial charge is 0.342 e. The van der Waals surface area contributed by atoms with Crippen molar-refractivity contribution in [1.29, 1.82) is 0 Å².